The van der Waals surface area contributed by atoms with Gasteiger partial charge >= 0.3 is 6.09 Å². The summed E-state index contributed by atoms with van der Waals surface area (Å²) in [5, 5.41) is 4.86. The first-order valence-corrected chi connectivity index (χ1v) is 12.2. The molecule has 0 aromatic heterocycles. The van der Waals surface area contributed by atoms with E-state index in [2.05, 4.69) is 20.1 Å². The average molecular weight is 481 g/mol. The lowest BCUT2D eigenvalue weighted by molar-refractivity contribution is -0.127. The highest BCUT2D eigenvalue weighted by Gasteiger charge is 2.27. The van der Waals surface area contributed by atoms with Crippen molar-refractivity contribution in [2.75, 3.05) is 26.4 Å². The minimum Gasteiger partial charge on any atom is -0.447 e. The second kappa shape index (κ2) is 14.0. The Labute approximate surface area is 189 Å². The molecule has 0 aliphatic rings. The van der Waals surface area contributed by atoms with Gasteiger partial charge in [-0.25, -0.2) is 4.79 Å². The molecule has 3 atom stereocenters. The van der Waals surface area contributed by atoms with Crippen molar-refractivity contribution in [2.24, 2.45) is 5.92 Å². The number of amides is 2. The van der Waals surface area contributed by atoms with Gasteiger partial charge < -0.3 is 20.1 Å². The highest BCUT2D eigenvalue weighted by atomic mass is 32.2. The monoisotopic (exact) mass is 481 g/mol. The van der Waals surface area contributed by atoms with Crippen molar-refractivity contribution in [3.63, 3.8) is 0 Å². The van der Waals surface area contributed by atoms with Gasteiger partial charge in [-0.2, -0.15) is 17.9 Å². The topological polar surface area (TPSA) is 152 Å². The van der Waals surface area contributed by atoms with Crippen molar-refractivity contribution >= 4 is 43.7 Å². The van der Waals surface area contributed by atoms with E-state index in [-0.39, 0.29) is 32.3 Å². The van der Waals surface area contributed by atoms with Gasteiger partial charge in [0.05, 0.1) is 20.5 Å². The minimum absolute atomic E-state index is 0.0233. The number of carbonyl (C=O) groups is 3. The number of nitrogens with one attached hydrogen (secondary N) is 4. The Morgan fingerprint density at radius 3 is 2.23 bits per heavy atom. The Morgan fingerprint density at radius 2 is 1.71 bits per heavy atom. The van der Waals surface area contributed by atoms with Crippen LogP contribution in [0.2, 0.25) is 0 Å². The Hall–Kier alpha value is -1.27. The Balaban J connectivity index is 4.29. The third-order valence-corrected chi connectivity index (χ3v) is 5.63. The first kappa shape index (κ1) is 27.8. The van der Waals surface area contributed by atoms with Crippen LogP contribution in [-0.2, 0) is 29.3 Å². The summed E-state index contributed by atoms with van der Waals surface area (Å²) in [6.07, 6.45) is -0.849. The summed E-state index contributed by atoms with van der Waals surface area (Å²) in [6, 6.07) is -1.90. The number of ether oxygens (including phenoxy) is 2. The fraction of sp³-hybridized carbons (Fsp3) is 0.824. The molecule has 0 heterocycles. The molecule has 11 nitrogen and oxygen atoms in total. The van der Waals surface area contributed by atoms with E-state index >= 15 is 0 Å². The first-order valence-electron chi connectivity index (χ1n) is 10.2. The maximum absolute atomic E-state index is 12.4. The summed E-state index contributed by atoms with van der Waals surface area (Å²) in [5.74, 6) is -0.895. The van der Waals surface area contributed by atoms with Gasteiger partial charge in [-0.05, 0) is 33.6 Å². The van der Waals surface area contributed by atoms with E-state index in [4.69, 9.17) is 18.3 Å². The van der Waals surface area contributed by atoms with Crippen molar-refractivity contribution < 1.29 is 32.3 Å². The molecular formula is C17H34BN4O7PS. The standard InChI is InChI=1S/C17H34BN4O7PS/c1-11(2)13(14(23)20-12(3)15(24)30-18)21-16(25)29-10-9-28-8-7-19-31(26,27)22-17(4,5)6/h11-13,19,22,30H,7-10H2,1-6H3,(H,20,23)(H,21,25)/t12?,13-,30?/m0/s1/i30D. The first-order chi connectivity index (χ1) is 14.6. The van der Waals surface area contributed by atoms with E-state index in [1.54, 1.807) is 34.6 Å². The lowest BCUT2D eigenvalue weighted by atomic mass is 10.0. The quantitative estimate of drug-likeness (QED) is 0.152. The fourth-order valence-corrected chi connectivity index (χ4v) is 3.68. The van der Waals surface area contributed by atoms with E-state index in [1.165, 1.54) is 6.92 Å². The lowest BCUT2D eigenvalue weighted by Crippen LogP contribution is -2.52. The van der Waals surface area contributed by atoms with Crippen LogP contribution in [0.15, 0.2) is 0 Å². The van der Waals surface area contributed by atoms with E-state index in [0.29, 0.717) is 0 Å². The molecule has 31 heavy (non-hydrogen) atoms. The van der Waals surface area contributed by atoms with Crippen LogP contribution in [0.1, 0.15) is 41.5 Å². The molecule has 0 bridgehead atoms. The van der Waals surface area contributed by atoms with Gasteiger partial charge in [-0.3, -0.25) is 9.59 Å². The van der Waals surface area contributed by atoms with Gasteiger partial charge in [0.15, 0.2) is 5.52 Å². The van der Waals surface area contributed by atoms with Gasteiger partial charge in [0.1, 0.15) is 20.2 Å². The van der Waals surface area contributed by atoms with Crippen LogP contribution < -0.4 is 20.1 Å². The second-order valence-corrected chi connectivity index (χ2v) is 10.3. The van der Waals surface area contributed by atoms with Crippen molar-refractivity contribution in [1.82, 2.24) is 20.1 Å². The minimum atomic E-state index is -3.65. The van der Waals surface area contributed by atoms with Crippen molar-refractivity contribution in [3.05, 3.63) is 0 Å². The molecule has 14 heteroatoms. The fourth-order valence-electron chi connectivity index (χ4n) is 2.16. The van der Waals surface area contributed by atoms with Gasteiger partial charge in [0, 0.05) is 12.1 Å². The molecular weight excluding hydrogens is 446 g/mol. The Morgan fingerprint density at radius 1 is 1.10 bits per heavy atom. The number of rotatable bonds is 14. The molecule has 2 radical (unpaired) electrons. The summed E-state index contributed by atoms with van der Waals surface area (Å²) in [5.41, 5.74) is -1.20. The molecule has 4 N–H and O–H groups in total. The van der Waals surface area contributed by atoms with Crippen LogP contribution in [-0.4, -0.2) is 78.8 Å². The van der Waals surface area contributed by atoms with Gasteiger partial charge in [-0.15, -0.1) is 0 Å². The zero-order valence-corrected chi connectivity index (χ0v) is 20.6. The smallest absolute Gasteiger partial charge is 0.407 e. The van der Waals surface area contributed by atoms with Crippen LogP contribution in [0.25, 0.3) is 0 Å². The molecule has 0 aliphatic heterocycles. The summed E-state index contributed by atoms with van der Waals surface area (Å²) in [4.78, 5) is 36.0. The van der Waals surface area contributed by atoms with Crippen LogP contribution in [0.4, 0.5) is 4.79 Å². The van der Waals surface area contributed by atoms with Gasteiger partial charge in [0.2, 0.25) is 5.91 Å². The Kier molecular flexibility index (Phi) is 12.5. The number of alkyl carbamates (subject to hydrolysis) is 1. The summed E-state index contributed by atoms with van der Waals surface area (Å²) in [7, 11) is -0.462. The molecule has 0 aliphatic carbocycles. The van der Waals surface area contributed by atoms with E-state index in [1.807, 2.05) is 0 Å². The SMILES string of the molecule is [2H]P([B])C(=O)C(C)NC(=O)[C@@H](NC(=O)OCCOCCNS(=O)(=O)NC(C)(C)C)C(C)C. The van der Waals surface area contributed by atoms with E-state index < -0.39 is 53.8 Å². The molecule has 0 aromatic carbocycles. The second-order valence-electron chi connectivity index (χ2n) is 8.06. The van der Waals surface area contributed by atoms with Crippen molar-refractivity contribution in [3.8, 4) is 0 Å². The summed E-state index contributed by atoms with van der Waals surface area (Å²) in [6.45, 7) is 9.98. The molecule has 0 saturated heterocycles. The third kappa shape index (κ3) is 14.4. The average Bonchev–Trinajstić information content (AvgIpc) is 2.61. The van der Waals surface area contributed by atoms with Crippen LogP contribution in [0.3, 0.4) is 0 Å². The zero-order valence-electron chi connectivity index (χ0n) is 19.9. The van der Waals surface area contributed by atoms with Crippen LogP contribution in [0.5, 0.6) is 0 Å². The number of hydrogen-bond acceptors (Lipinski definition) is 7. The van der Waals surface area contributed by atoms with Crippen LogP contribution >= 0.6 is 8.40 Å². The van der Waals surface area contributed by atoms with Gasteiger partial charge in [0.25, 0.3) is 10.2 Å². The molecule has 2 unspecified atom stereocenters. The highest BCUT2D eigenvalue weighted by Crippen LogP contribution is 2.08. The van der Waals surface area contributed by atoms with Crippen LogP contribution in [0, 0.1) is 5.92 Å². The normalized spacial score (nSPS) is 15.5. The maximum Gasteiger partial charge on any atom is 0.407 e. The molecule has 0 aromatic rings. The number of hydrogen-bond donors (Lipinski definition) is 4. The predicted molar refractivity (Wildman–Crippen MR) is 120 cm³/mol. The molecule has 178 valence electrons. The van der Waals surface area contributed by atoms with E-state index in [9.17, 15) is 22.8 Å². The zero-order chi connectivity index (χ0) is 25.1. The third-order valence-electron chi connectivity index (χ3n) is 3.52. The predicted octanol–water partition coefficient (Wildman–Crippen LogP) is -0.230. The number of carbonyl (C=O) groups excluding carboxylic acids is 3. The molecule has 2 amide bonds. The lowest BCUT2D eigenvalue weighted by Gasteiger charge is -2.23. The molecule has 0 saturated carbocycles. The van der Waals surface area contributed by atoms with Gasteiger partial charge in [-0.1, -0.05) is 22.3 Å². The van der Waals surface area contributed by atoms with Crippen molar-refractivity contribution in [2.45, 2.75) is 59.2 Å². The maximum atomic E-state index is 12.4. The molecule has 0 spiro atoms. The summed E-state index contributed by atoms with van der Waals surface area (Å²) >= 11 is 0. The van der Waals surface area contributed by atoms with Crippen molar-refractivity contribution in [1.29, 1.82) is 1.28 Å². The summed E-state index contributed by atoms with van der Waals surface area (Å²) < 4.78 is 45.7. The molecule has 0 fully saturated rings. The highest BCUT2D eigenvalue weighted by molar-refractivity contribution is 7.87. The largest absolute Gasteiger partial charge is 0.447 e. The Bertz CT molecular complexity index is 735. The molecule has 0 rings (SSSR count). The van der Waals surface area contributed by atoms with E-state index in [0.717, 1.165) is 0 Å².